The summed E-state index contributed by atoms with van der Waals surface area (Å²) < 4.78 is 0. The van der Waals surface area contributed by atoms with Gasteiger partial charge in [-0.1, -0.05) is 105 Å². The lowest BCUT2D eigenvalue weighted by Crippen LogP contribution is -2.23. The van der Waals surface area contributed by atoms with E-state index in [2.05, 4.69) is 48.6 Å². The Morgan fingerprint density at radius 2 is 0.759 bits per heavy atom. The van der Waals surface area contributed by atoms with Crippen LogP contribution in [0, 0.1) is 0 Å². The fourth-order valence-corrected chi connectivity index (χ4v) is 5.06. The molecule has 29 heavy (non-hydrogen) atoms. The van der Waals surface area contributed by atoms with E-state index in [9.17, 15) is 0 Å². The molecule has 172 valence electrons. The van der Waals surface area contributed by atoms with Crippen molar-refractivity contribution in [2.75, 3.05) is 13.1 Å². The molecule has 2 unspecified atom stereocenters. The number of nitrogens with one attached hydrogen (secondary N) is 2. The van der Waals surface area contributed by atoms with E-state index in [1.807, 2.05) is 0 Å². The molecule has 4 heteroatoms. The molecule has 0 bridgehead atoms. The molecule has 2 saturated heterocycles. The third-order valence-electron chi connectivity index (χ3n) is 7.16. The van der Waals surface area contributed by atoms with Crippen LogP contribution in [0.4, 0.5) is 0 Å². The maximum absolute atomic E-state index is 3.79. The number of hydrazine groups is 2. The molecule has 2 N–H and O–H groups in total. The van der Waals surface area contributed by atoms with Gasteiger partial charge >= 0.3 is 0 Å². The Kier molecular flexibility index (Phi) is 11.5. The number of nitrogens with zero attached hydrogens (tertiary/aromatic N) is 2. The van der Waals surface area contributed by atoms with E-state index in [-0.39, 0.29) is 0 Å². The fourth-order valence-electron chi connectivity index (χ4n) is 5.06. The van der Waals surface area contributed by atoms with Gasteiger partial charge in [0.05, 0.1) is 11.3 Å². The maximum atomic E-state index is 3.79. The number of hydrogen-bond donors (Lipinski definition) is 2. The SMILES string of the molecule is CCCCCC1(CCCCC)NN1CCCN1NC1(CCCCC)CCCCC. The van der Waals surface area contributed by atoms with E-state index < -0.39 is 0 Å². The van der Waals surface area contributed by atoms with Gasteiger partial charge in [-0.3, -0.25) is 0 Å². The monoisotopic (exact) mass is 408 g/mol. The predicted molar refractivity (Wildman–Crippen MR) is 126 cm³/mol. The van der Waals surface area contributed by atoms with Crippen molar-refractivity contribution in [2.45, 2.75) is 148 Å². The number of unbranched alkanes of at least 4 members (excludes halogenated alkanes) is 8. The Bertz CT molecular complexity index is 367. The van der Waals surface area contributed by atoms with Crippen molar-refractivity contribution >= 4 is 0 Å². The van der Waals surface area contributed by atoms with Crippen molar-refractivity contribution in [3.63, 3.8) is 0 Å². The van der Waals surface area contributed by atoms with Crippen LogP contribution in [-0.2, 0) is 0 Å². The van der Waals surface area contributed by atoms with E-state index in [1.165, 1.54) is 122 Å². The van der Waals surface area contributed by atoms with Gasteiger partial charge in [0.25, 0.3) is 0 Å². The highest BCUT2D eigenvalue weighted by Crippen LogP contribution is 2.38. The van der Waals surface area contributed by atoms with Gasteiger partial charge in [-0.05, 0) is 32.1 Å². The van der Waals surface area contributed by atoms with Gasteiger partial charge in [0.1, 0.15) is 0 Å². The summed E-state index contributed by atoms with van der Waals surface area (Å²) in [5, 5.41) is 5.16. The summed E-state index contributed by atoms with van der Waals surface area (Å²) in [4.78, 5) is 0. The first kappa shape index (κ1) is 25.1. The predicted octanol–water partition coefficient (Wildman–Crippen LogP) is 6.73. The molecule has 2 rings (SSSR count). The van der Waals surface area contributed by atoms with Crippen molar-refractivity contribution < 1.29 is 0 Å². The van der Waals surface area contributed by atoms with E-state index in [0.717, 1.165) is 0 Å². The van der Waals surface area contributed by atoms with Crippen molar-refractivity contribution in [1.29, 1.82) is 0 Å². The average Bonchev–Trinajstić information content (AvgIpc) is 3.59. The molecule has 0 aromatic rings. The third-order valence-corrected chi connectivity index (χ3v) is 7.16. The summed E-state index contributed by atoms with van der Waals surface area (Å²) in [5.74, 6) is 0. The first-order chi connectivity index (χ1) is 14.2. The van der Waals surface area contributed by atoms with Crippen LogP contribution in [0.1, 0.15) is 137 Å². The second kappa shape index (κ2) is 13.3. The Morgan fingerprint density at radius 3 is 1.03 bits per heavy atom. The molecule has 2 atom stereocenters. The topological polar surface area (TPSA) is 49.9 Å². The van der Waals surface area contributed by atoms with Gasteiger partial charge in [0.2, 0.25) is 0 Å². The Balaban J connectivity index is 1.71. The van der Waals surface area contributed by atoms with E-state index >= 15 is 0 Å². The third kappa shape index (κ3) is 8.12. The first-order valence-electron chi connectivity index (χ1n) is 13.3. The van der Waals surface area contributed by atoms with Crippen LogP contribution >= 0.6 is 0 Å². The molecule has 2 fully saturated rings. The van der Waals surface area contributed by atoms with Gasteiger partial charge in [-0.2, -0.15) is 0 Å². The highest BCUT2D eigenvalue weighted by molar-refractivity contribution is 5.00. The molecular formula is C25H52N4. The summed E-state index contributed by atoms with van der Waals surface area (Å²) in [5.41, 5.74) is 8.27. The lowest BCUT2D eigenvalue weighted by atomic mass is 9.98. The lowest BCUT2D eigenvalue weighted by Gasteiger charge is -2.16. The molecule has 2 aliphatic rings. The van der Waals surface area contributed by atoms with Crippen LogP contribution in [0.2, 0.25) is 0 Å². The molecule has 0 saturated carbocycles. The molecule has 0 aromatic carbocycles. The summed E-state index contributed by atoms with van der Waals surface area (Å²) in [6, 6.07) is 0. The molecule has 0 amide bonds. The minimum absolute atomic E-state index is 0.343. The second-order valence-electron chi connectivity index (χ2n) is 9.77. The van der Waals surface area contributed by atoms with E-state index in [1.54, 1.807) is 0 Å². The minimum atomic E-state index is 0.343. The van der Waals surface area contributed by atoms with Crippen molar-refractivity contribution in [1.82, 2.24) is 20.9 Å². The van der Waals surface area contributed by atoms with Crippen LogP contribution in [-0.4, -0.2) is 34.4 Å². The van der Waals surface area contributed by atoms with Gasteiger partial charge < -0.3 is 0 Å². The van der Waals surface area contributed by atoms with Crippen LogP contribution in [0.15, 0.2) is 0 Å². The zero-order chi connectivity index (χ0) is 21.0. The average molecular weight is 409 g/mol. The van der Waals surface area contributed by atoms with E-state index in [0.29, 0.717) is 11.3 Å². The van der Waals surface area contributed by atoms with E-state index in [4.69, 9.17) is 0 Å². The van der Waals surface area contributed by atoms with Crippen LogP contribution in [0.5, 0.6) is 0 Å². The first-order valence-corrected chi connectivity index (χ1v) is 13.3. The Hall–Kier alpha value is -0.160. The second-order valence-corrected chi connectivity index (χ2v) is 9.77. The van der Waals surface area contributed by atoms with Gasteiger partial charge in [-0.25, -0.2) is 20.9 Å². The highest BCUT2D eigenvalue weighted by Gasteiger charge is 2.51. The molecule has 0 radical (unpaired) electrons. The summed E-state index contributed by atoms with van der Waals surface area (Å²) in [6.07, 6.45) is 22.9. The van der Waals surface area contributed by atoms with Crippen molar-refractivity contribution in [3.05, 3.63) is 0 Å². The fraction of sp³-hybridized carbons (Fsp3) is 1.00. The largest absolute Gasteiger partial charge is 0.232 e. The lowest BCUT2D eigenvalue weighted by molar-refractivity contribution is 0.305. The molecule has 4 nitrogen and oxygen atoms in total. The van der Waals surface area contributed by atoms with Gasteiger partial charge in [0.15, 0.2) is 0 Å². The maximum Gasteiger partial charge on any atom is 0.0974 e. The van der Waals surface area contributed by atoms with Crippen molar-refractivity contribution in [3.8, 4) is 0 Å². The zero-order valence-electron chi connectivity index (χ0n) is 20.3. The number of rotatable bonds is 20. The summed E-state index contributed by atoms with van der Waals surface area (Å²) >= 11 is 0. The Labute approximate surface area is 182 Å². The zero-order valence-corrected chi connectivity index (χ0v) is 20.3. The van der Waals surface area contributed by atoms with Crippen molar-refractivity contribution in [2.24, 2.45) is 0 Å². The quantitative estimate of drug-likeness (QED) is 0.173. The molecular weight excluding hydrogens is 356 g/mol. The highest BCUT2D eigenvalue weighted by atomic mass is 15.8. The molecule has 2 heterocycles. The summed E-state index contributed by atoms with van der Waals surface area (Å²) in [7, 11) is 0. The molecule has 2 aliphatic heterocycles. The normalized spacial score (nSPS) is 24.0. The summed E-state index contributed by atoms with van der Waals surface area (Å²) in [6.45, 7) is 11.7. The molecule has 0 aromatic heterocycles. The molecule has 0 aliphatic carbocycles. The van der Waals surface area contributed by atoms with Crippen LogP contribution in [0.25, 0.3) is 0 Å². The molecule has 0 spiro atoms. The Morgan fingerprint density at radius 1 is 0.448 bits per heavy atom. The smallest absolute Gasteiger partial charge is 0.0974 e. The minimum Gasteiger partial charge on any atom is -0.232 e. The van der Waals surface area contributed by atoms with Crippen LogP contribution in [0.3, 0.4) is 0 Å². The van der Waals surface area contributed by atoms with Crippen LogP contribution < -0.4 is 10.9 Å². The standard InChI is InChI=1S/C25H52N4/c1-5-9-13-18-24(19-14-10-6-2)26-28(24)22-17-23-29-25(27-29,20-15-11-7-3)21-16-12-8-4/h26-27H,5-23H2,1-4H3. The van der Waals surface area contributed by atoms with Gasteiger partial charge in [-0.15, -0.1) is 0 Å². The van der Waals surface area contributed by atoms with Gasteiger partial charge in [0, 0.05) is 13.1 Å². The number of hydrogen-bond acceptors (Lipinski definition) is 4.